The molecule has 0 spiro atoms. The van der Waals surface area contributed by atoms with E-state index in [0.717, 1.165) is 0 Å². The van der Waals surface area contributed by atoms with Gasteiger partial charge >= 0.3 is 0 Å². The molecule has 106 valence electrons. The van der Waals surface area contributed by atoms with Crippen LogP contribution in [0.3, 0.4) is 0 Å². The zero-order valence-corrected chi connectivity index (χ0v) is 11.3. The van der Waals surface area contributed by atoms with Gasteiger partial charge in [0.25, 0.3) is 5.91 Å². The van der Waals surface area contributed by atoms with Crippen molar-refractivity contribution in [3.63, 3.8) is 0 Å². The van der Waals surface area contributed by atoms with Crippen LogP contribution in [0.1, 0.15) is 29.6 Å². The Hall–Kier alpha value is -2.17. The number of likely N-dealkylation sites (tertiary alicyclic amines) is 1. The predicted molar refractivity (Wildman–Crippen MR) is 74.2 cm³/mol. The van der Waals surface area contributed by atoms with E-state index in [1.165, 1.54) is 0 Å². The van der Waals surface area contributed by atoms with E-state index < -0.39 is 0 Å². The first-order chi connectivity index (χ1) is 9.66. The number of carbonyl (C=O) groups excluding carboxylic acids is 3. The van der Waals surface area contributed by atoms with Crippen molar-refractivity contribution in [3.8, 4) is 0 Å². The largest absolute Gasteiger partial charge is 0.343 e. The fraction of sp³-hybridized carbons (Fsp3) is 0.400. The molecule has 1 heterocycles. The monoisotopic (exact) mass is 274 g/mol. The molecule has 1 aromatic carbocycles. The van der Waals surface area contributed by atoms with Gasteiger partial charge in [-0.2, -0.15) is 0 Å². The van der Waals surface area contributed by atoms with Crippen molar-refractivity contribution < 1.29 is 14.4 Å². The Bertz CT molecular complexity index is 499. The lowest BCUT2D eigenvalue weighted by atomic mass is 10.2. The molecule has 2 rings (SSSR count). The van der Waals surface area contributed by atoms with Gasteiger partial charge in [-0.25, -0.2) is 0 Å². The maximum Gasteiger partial charge on any atom is 0.251 e. The Morgan fingerprint density at radius 1 is 1.10 bits per heavy atom. The van der Waals surface area contributed by atoms with E-state index in [9.17, 15) is 14.4 Å². The minimum Gasteiger partial charge on any atom is -0.343 e. The summed E-state index contributed by atoms with van der Waals surface area (Å²) in [6.07, 6.45) is 1.66. The summed E-state index contributed by atoms with van der Waals surface area (Å²) >= 11 is 0. The van der Waals surface area contributed by atoms with Crippen molar-refractivity contribution in [2.45, 2.75) is 19.3 Å². The number of nitrogens with one attached hydrogen (secondary N) is 1. The Labute approximate surface area is 118 Å². The Balaban J connectivity index is 1.83. The number of nitrogens with zero attached hydrogens (tertiary/aromatic N) is 1. The molecule has 0 bridgehead atoms. The zero-order chi connectivity index (χ0) is 14.4. The molecule has 1 aliphatic rings. The zero-order valence-electron chi connectivity index (χ0n) is 11.3. The second-order valence-corrected chi connectivity index (χ2v) is 4.82. The third-order valence-electron chi connectivity index (χ3n) is 3.33. The number of rotatable bonds is 3. The number of carbonyl (C=O) groups is 3. The molecule has 1 fully saturated rings. The molecule has 0 atom stereocenters. The lowest BCUT2D eigenvalue weighted by Crippen LogP contribution is -2.40. The van der Waals surface area contributed by atoms with Crippen LogP contribution in [-0.4, -0.2) is 42.1 Å². The van der Waals surface area contributed by atoms with Crippen LogP contribution in [0, 0.1) is 0 Å². The smallest absolute Gasteiger partial charge is 0.251 e. The molecule has 0 aromatic heterocycles. The van der Waals surface area contributed by atoms with Crippen molar-refractivity contribution in [3.05, 3.63) is 35.9 Å². The average molecular weight is 274 g/mol. The molecule has 1 aromatic rings. The van der Waals surface area contributed by atoms with E-state index in [1.807, 2.05) is 6.07 Å². The van der Waals surface area contributed by atoms with Gasteiger partial charge in [-0.3, -0.25) is 14.4 Å². The first-order valence-electron chi connectivity index (χ1n) is 6.79. The van der Waals surface area contributed by atoms with Gasteiger partial charge in [0.2, 0.25) is 5.91 Å². The maximum absolute atomic E-state index is 12.0. The summed E-state index contributed by atoms with van der Waals surface area (Å²) in [4.78, 5) is 36.8. The van der Waals surface area contributed by atoms with E-state index in [0.29, 0.717) is 37.9 Å². The van der Waals surface area contributed by atoms with Gasteiger partial charge in [0.05, 0.1) is 6.54 Å². The molecular weight excluding hydrogens is 256 g/mol. The fourth-order valence-corrected chi connectivity index (χ4v) is 2.17. The van der Waals surface area contributed by atoms with Crippen LogP contribution >= 0.6 is 0 Å². The second-order valence-electron chi connectivity index (χ2n) is 4.82. The van der Waals surface area contributed by atoms with Crippen LogP contribution in [0.25, 0.3) is 0 Å². The van der Waals surface area contributed by atoms with Crippen molar-refractivity contribution in [1.82, 2.24) is 10.2 Å². The summed E-state index contributed by atoms with van der Waals surface area (Å²) in [6, 6.07) is 8.78. The van der Waals surface area contributed by atoms with Gasteiger partial charge in [-0.1, -0.05) is 18.2 Å². The molecular formula is C15H18N2O3. The van der Waals surface area contributed by atoms with E-state index in [4.69, 9.17) is 0 Å². The number of ketones is 1. The second kappa shape index (κ2) is 6.84. The molecule has 0 radical (unpaired) electrons. The van der Waals surface area contributed by atoms with E-state index in [-0.39, 0.29) is 24.1 Å². The summed E-state index contributed by atoms with van der Waals surface area (Å²) < 4.78 is 0. The average Bonchev–Trinajstić information content (AvgIpc) is 2.70. The summed E-state index contributed by atoms with van der Waals surface area (Å²) in [5, 5.41) is 2.61. The van der Waals surface area contributed by atoms with Gasteiger partial charge in [-0.05, 0) is 18.6 Å². The van der Waals surface area contributed by atoms with Crippen molar-refractivity contribution in [2.75, 3.05) is 19.6 Å². The molecule has 0 unspecified atom stereocenters. The molecule has 20 heavy (non-hydrogen) atoms. The lowest BCUT2D eigenvalue weighted by molar-refractivity contribution is -0.130. The number of Topliss-reactive ketones (excluding diaryl/α,β-unsaturated/α-hetero) is 1. The maximum atomic E-state index is 12.0. The van der Waals surface area contributed by atoms with Crippen LogP contribution in [-0.2, 0) is 9.59 Å². The highest BCUT2D eigenvalue weighted by Crippen LogP contribution is 2.07. The lowest BCUT2D eigenvalue weighted by Gasteiger charge is -2.20. The van der Waals surface area contributed by atoms with Crippen LogP contribution in [0.5, 0.6) is 0 Å². The molecule has 5 nitrogen and oxygen atoms in total. The highest BCUT2D eigenvalue weighted by atomic mass is 16.2. The molecule has 2 amide bonds. The number of benzene rings is 1. The molecule has 0 aliphatic carbocycles. The number of hydrogen-bond donors (Lipinski definition) is 1. The Morgan fingerprint density at radius 3 is 2.60 bits per heavy atom. The van der Waals surface area contributed by atoms with Gasteiger partial charge in [0, 0.05) is 31.5 Å². The van der Waals surface area contributed by atoms with Gasteiger partial charge in [0.1, 0.15) is 5.78 Å². The van der Waals surface area contributed by atoms with Gasteiger partial charge < -0.3 is 10.2 Å². The Kier molecular flexibility index (Phi) is 4.87. The number of hydrogen-bond acceptors (Lipinski definition) is 3. The topological polar surface area (TPSA) is 66.5 Å². The van der Waals surface area contributed by atoms with Gasteiger partial charge in [-0.15, -0.1) is 0 Å². The molecule has 0 saturated carbocycles. The summed E-state index contributed by atoms with van der Waals surface area (Å²) in [5.74, 6) is -0.192. The van der Waals surface area contributed by atoms with Crippen LogP contribution < -0.4 is 5.32 Å². The van der Waals surface area contributed by atoms with Crippen molar-refractivity contribution in [2.24, 2.45) is 0 Å². The van der Waals surface area contributed by atoms with Crippen molar-refractivity contribution >= 4 is 17.6 Å². The highest BCUT2D eigenvalue weighted by molar-refractivity contribution is 5.96. The first-order valence-corrected chi connectivity index (χ1v) is 6.79. The molecule has 1 aliphatic heterocycles. The molecule has 1 N–H and O–H groups in total. The SMILES string of the molecule is O=C1CCCN(C(=O)CNC(=O)c2ccccc2)CC1. The van der Waals surface area contributed by atoms with E-state index in [2.05, 4.69) is 5.32 Å². The summed E-state index contributed by atoms with van der Waals surface area (Å²) in [5.41, 5.74) is 0.534. The Morgan fingerprint density at radius 2 is 1.85 bits per heavy atom. The minimum absolute atomic E-state index is 0.0259. The fourth-order valence-electron chi connectivity index (χ4n) is 2.17. The molecule has 5 heteroatoms. The summed E-state index contributed by atoms with van der Waals surface area (Å²) in [7, 11) is 0. The van der Waals surface area contributed by atoms with E-state index in [1.54, 1.807) is 29.2 Å². The van der Waals surface area contributed by atoms with Crippen molar-refractivity contribution in [1.29, 1.82) is 0 Å². The van der Waals surface area contributed by atoms with Crippen LogP contribution in [0.15, 0.2) is 30.3 Å². The molecule has 1 saturated heterocycles. The minimum atomic E-state index is -0.259. The van der Waals surface area contributed by atoms with E-state index >= 15 is 0 Å². The number of amides is 2. The standard InChI is InChI=1S/C15H18N2O3/c18-13-7-4-9-17(10-8-13)14(19)11-16-15(20)12-5-2-1-3-6-12/h1-3,5-6H,4,7-11H2,(H,16,20). The third-order valence-corrected chi connectivity index (χ3v) is 3.33. The van der Waals surface area contributed by atoms with Gasteiger partial charge in [0.15, 0.2) is 0 Å². The van der Waals surface area contributed by atoms with Crippen LogP contribution in [0.4, 0.5) is 0 Å². The predicted octanol–water partition coefficient (Wildman–Crippen LogP) is 0.998. The summed E-state index contributed by atoms with van der Waals surface area (Å²) in [6.45, 7) is 1.02. The quantitative estimate of drug-likeness (QED) is 0.894. The highest BCUT2D eigenvalue weighted by Gasteiger charge is 2.19. The first kappa shape index (κ1) is 14.2. The van der Waals surface area contributed by atoms with Crippen LogP contribution in [0.2, 0.25) is 0 Å². The third kappa shape index (κ3) is 3.91. The normalized spacial score (nSPS) is 15.6.